The highest BCUT2D eigenvalue weighted by Crippen LogP contribution is 2.15. The van der Waals surface area contributed by atoms with Crippen molar-refractivity contribution >= 4 is 0 Å². The second-order valence-corrected chi connectivity index (χ2v) is 2.37. The van der Waals surface area contributed by atoms with Crippen LogP contribution < -0.4 is 0 Å². The summed E-state index contributed by atoms with van der Waals surface area (Å²) in [5.41, 5.74) is 1.01. The van der Waals surface area contributed by atoms with Crippen molar-refractivity contribution in [3.05, 3.63) is 31.0 Å². The number of rotatable bonds is 1. The minimum absolute atomic E-state index is 0.929. The Morgan fingerprint density at radius 1 is 1.55 bits per heavy atom. The Morgan fingerprint density at radius 2 is 2.45 bits per heavy atom. The summed E-state index contributed by atoms with van der Waals surface area (Å²) in [6.45, 7) is 0. The van der Waals surface area contributed by atoms with E-state index in [1.165, 1.54) is 0 Å². The molecule has 3 nitrogen and oxygen atoms in total. The van der Waals surface area contributed by atoms with Crippen LogP contribution in [0.1, 0.15) is 0 Å². The van der Waals surface area contributed by atoms with Crippen LogP contribution in [0.2, 0.25) is 0 Å². The first kappa shape index (κ1) is 6.22. The van der Waals surface area contributed by atoms with Gasteiger partial charge < -0.3 is 8.98 Å². The van der Waals surface area contributed by atoms with Crippen LogP contribution in [0.25, 0.3) is 11.4 Å². The SMILES string of the molecule is Cn1ccnc1-c1ccoc1. The van der Waals surface area contributed by atoms with E-state index in [0.717, 1.165) is 11.4 Å². The molecule has 0 bridgehead atoms. The van der Waals surface area contributed by atoms with Gasteiger partial charge in [-0.15, -0.1) is 0 Å². The van der Waals surface area contributed by atoms with Crippen LogP contribution in [0.3, 0.4) is 0 Å². The van der Waals surface area contributed by atoms with Gasteiger partial charge in [-0.05, 0) is 6.07 Å². The van der Waals surface area contributed by atoms with Gasteiger partial charge in [-0.25, -0.2) is 4.98 Å². The van der Waals surface area contributed by atoms with Crippen molar-refractivity contribution in [2.45, 2.75) is 0 Å². The molecular weight excluding hydrogens is 140 g/mol. The number of hydrogen-bond acceptors (Lipinski definition) is 2. The van der Waals surface area contributed by atoms with Crippen LogP contribution >= 0.6 is 0 Å². The number of aryl methyl sites for hydroxylation is 1. The minimum Gasteiger partial charge on any atom is -0.472 e. The Morgan fingerprint density at radius 3 is 3.00 bits per heavy atom. The molecule has 0 amide bonds. The van der Waals surface area contributed by atoms with Crippen LogP contribution in [0.5, 0.6) is 0 Å². The molecule has 0 saturated heterocycles. The summed E-state index contributed by atoms with van der Waals surface area (Å²) in [7, 11) is 1.95. The molecule has 2 heterocycles. The molecule has 3 heteroatoms. The first-order chi connectivity index (χ1) is 5.38. The summed E-state index contributed by atoms with van der Waals surface area (Å²) in [5, 5.41) is 0. The molecule has 0 N–H and O–H groups in total. The van der Waals surface area contributed by atoms with E-state index in [1.54, 1.807) is 18.7 Å². The number of nitrogens with zero attached hydrogens (tertiary/aromatic N) is 2. The van der Waals surface area contributed by atoms with E-state index in [4.69, 9.17) is 4.42 Å². The van der Waals surface area contributed by atoms with Crippen molar-refractivity contribution in [2.24, 2.45) is 7.05 Å². The third-order valence-electron chi connectivity index (χ3n) is 1.60. The maximum atomic E-state index is 4.94. The Hall–Kier alpha value is -1.51. The van der Waals surface area contributed by atoms with Crippen LogP contribution in [0.4, 0.5) is 0 Å². The van der Waals surface area contributed by atoms with Gasteiger partial charge in [0.1, 0.15) is 12.1 Å². The predicted molar refractivity (Wildman–Crippen MR) is 40.9 cm³/mol. The van der Waals surface area contributed by atoms with Gasteiger partial charge >= 0.3 is 0 Å². The van der Waals surface area contributed by atoms with Gasteiger partial charge in [0.05, 0.1) is 11.8 Å². The van der Waals surface area contributed by atoms with Crippen molar-refractivity contribution in [2.75, 3.05) is 0 Å². The highest BCUT2D eigenvalue weighted by atomic mass is 16.3. The molecule has 0 aliphatic carbocycles. The lowest BCUT2D eigenvalue weighted by molar-refractivity contribution is 0.567. The number of imidazole rings is 1. The first-order valence-electron chi connectivity index (χ1n) is 3.38. The van der Waals surface area contributed by atoms with Crippen molar-refractivity contribution in [3.63, 3.8) is 0 Å². The average Bonchev–Trinajstić information content (AvgIpc) is 2.55. The van der Waals surface area contributed by atoms with Gasteiger partial charge in [-0.2, -0.15) is 0 Å². The molecule has 0 aliphatic rings. The van der Waals surface area contributed by atoms with Crippen LogP contribution in [-0.4, -0.2) is 9.55 Å². The monoisotopic (exact) mass is 148 g/mol. The molecule has 11 heavy (non-hydrogen) atoms. The molecule has 2 aromatic heterocycles. The van der Waals surface area contributed by atoms with Gasteiger partial charge in [0, 0.05) is 19.4 Å². The van der Waals surface area contributed by atoms with E-state index in [0.29, 0.717) is 0 Å². The molecule has 0 saturated carbocycles. The molecular formula is C8H8N2O. The number of aromatic nitrogens is 2. The fourth-order valence-electron chi connectivity index (χ4n) is 1.04. The zero-order valence-electron chi connectivity index (χ0n) is 6.19. The zero-order valence-corrected chi connectivity index (χ0v) is 6.19. The molecule has 0 aromatic carbocycles. The lowest BCUT2D eigenvalue weighted by atomic mass is 10.3. The maximum absolute atomic E-state index is 4.94. The van der Waals surface area contributed by atoms with E-state index in [1.807, 2.05) is 23.9 Å². The fourth-order valence-corrected chi connectivity index (χ4v) is 1.04. The largest absolute Gasteiger partial charge is 0.472 e. The van der Waals surface area contributed by atoms with Gasteiger partial charge in [-0.3, -0.25) is 0 Å². The van der Waals surface area contributed by atoms with E-state index in [-0.39, 0.29) is 0 Å². The highest BCUT2D eigenvalue weighted by molar-refractivity contribution is 5.52. The van der Waals surface area contributed by atoms with Gasteiger partial charge in [0.25, 0.3) is 0 Å². The third-order valence-corrected chi connectivity index (χ3v) is 1.60. The first-order valence-corrected chi connectivity index (χ1v) is 3.38. The second kappa shape index (κ2) is 2.27. The molecule has 2 rings (SSSR count). The average molecular weight is 148 g/mol. The topological polar surface area (TPSA) is 31.0 Å². The highest BCUT2D eigenvalue weighted by Gasteiger charge is 2.02. The van der Waals surface area contributed by atoms with Crippen LogP contribution in [0, 0.1) is 0 Å². The zero-order chi connectivity index (χ0) is 7.68. The minimum atomic E-state index is 0.929. The third kappa shape index (κ3) is 0.941. The fraction of sp³-hybridized carbons (Fsp3) is 0.125. The Labute approximate surface area is 64.3 Å². The molecule has 0 radical (unpaired) electrons. The lowest BCUT2D eigenvalue weighted by Gasteiger charge is -1.94. The molecule has 0 fully saturated rings. The van der Waals surface area contributed by atoms with E-state index in [9.17, 15) is 0 Å². The van der Waals surface area contributed by atoms with E-state index in [2.05, 4.69) is 4.98 Å². The smallest absolute Gasteiger partial charge is 0.142 e. The lowest BCUT2D eigenvalue weighted by Crippen LogP contribution is -1.88. The van der Waals surface area contributed by atoms with E-state index < -0.39 is 0 Å². The molecule has 0 unspecified atom stereocenters. The van der Waals surface area contributed by atoms with E-state index >= 15 is 0 Å². The Kier molecular flexibility index (Phi) is 1.28. The second-order valence-electron chi connectivity index (χ2n) is 2.37. The molecule has 0 spiro atoms. The Balaban J connectivity index is 2.53. The maximum Gasteiger partial charge on any atom is 0.142 e. The predicted octanol–water partition coefficient (Wildman–Crippen LogP) is 1.68. The summed E-state index contributed by atoms with van der Waals surface area (Å²) in [6, 6.07) is 1.89. The van der Waals surface area contributed by atoms with Gasteiger partial charge in [-0.1, -0.05) is 0 Å². The normalized spacial score (nSPS) is 10.3. The van der Waals surface area contributed by atoms with Crippen molar-refractivity contribution < 1.29 is 4.42 Å². The quantitative estimate of drug-likeness (QED) is 0.616. The molecule has 0 atom stereocenters. The van der Waals surface area contributed by atoms with Gasteiger partial charge in [0.2, 0.25) is 0 Å². The molecule has 56 valence electrons. The van der Waals surface area contributed by atoms with Gasteiger partial charge in [0.15, 0.2) is 0 Å². The molecule has 2 aromatic rings. The van der Waals surface area contributed by atoms with Crippen LogP contribution in [-0.2, 0) is 7.05 Å². The van der Waals surface area contributed by atoms with Crippen molar-refractivity contribution in [1.82, 2.24) is 9.55 Å². The summed E-state index contributed by atoms with van der Waals surface area (Å²) >= 11 is 0. The van der Waals surface area contributed by atoms with Crippen molar-refractivity contribution in [3.8, 4) is 11.4 Å². The summed E-state index contributed by atoms with van der Waals surface area (Å²) in [6.07, 6.45) is 7.00. The standard InChI is InChI=1S/C8H8N2O/c1-10-4-3-9-8(10)7-2-5-11-6-7/h2-6H,1H3. The van der Waals surface area contributed by atoms with Crippen LogP contribution in [0.15, 0.2) is 35.4 Å². The molecule has 0 aliphatic heterocycles. The summed E-state index contributed by atoms with van der Waals surface area (Å²) in [4.78, 5) is 4.16. The van der Waals surface area contributed by atoms with Crippen molar-refractivity contribution in [1.29, 1.82) is 0 Å². The number of furan rings is 1. The summed E-state index contributed by atoms with van der Waals surface area (Å²) in [5.74, 6) is 0.929. The summed E-state index contributed by atoms with van der Waals surface area (Å²) < 4.78 is 6.89. The number of hydrogen-bond donors (Lipinski definition) is 0. The Bertz CT molecular complexity index is 335.